The van der Waals surface area contributed by atoms with E-state index in [2.05, 4.69) is 23.3 Å². The largest absolute Gasteiger partial charge is 0.491 e. The van der Waals surface area contributed by atoms with Crippen LogP contribution >= 0.6 is 11.6 Å². The molecule has 0 fully saturated rings. The van der Waals surface area contributed by atoms with E-state index in [1.54, 1.807) is 0 Å². The molecular weight excluding hydrogens is 392 g/mol. The van der Waals surface area contributed by atoms with E-state index in [1.807, 2.05) is 78.9 Å². The first-order valence-corrected chi connectivity index (χ1v) is 10.3. The van der Waals surface area contributed by atoms with E-state index in [-0.39, 0.29) is 0 Å². The number of hydrogen-bond acceptors (Lipinski definition) is 2. The summed E-state index contributed by atoms with van der Waals surface area (Å²) in [5.41, 5.74) is 4.29. The molecule has 0 aliphatic heterocycles. The zero-order chi connectivity index (χ0) is 20.8. The smallest absolute Gasteiger partial charge is 0.133 e. The monoisotopic (exact) mass is 414 g/mol. The summed E-state index contributed by atoms with van der Waals surface area (Å²) in [6.45, 7) is 5.08. The van der Waals surface area contributed by atoms with Crippen LogP contribution in [0.15, 0.2) is 85.5 Å². The molecule has 0 N–H and O–H groups in total. The first-order valence-electron chi connectivity index (χ1n) is 9.95. The number of benzene rings is 3. The predicted octanol–water partition coefficient (Wildman–Crippen LogP) is 6.67. The molecule has 3 aromatic carbocycles. The van der Waals surface area contributed by atoms with Crippen molar-refractivity contribution in [3.8, 4) is 5.75 Å². The van der Waals surface area contributed by atoms with Gasteiger partial charge < -0.3 is 9.30 Å². The van der Waals surface area contributed by atoms with E-state index in [1.165, 1.54) is 0 Å². The Labute approximate surface area is 181 Å². The van der Waals surface area contributed by atoms with Crippen molar-refractivity contribution in [2.24, 2.45) is 0 Å². The van der Waals surface area contributed by atoms with E-state index >= 15 is 0 Å². The summed E-state index contributed by atoms with van der Waals surface area (Å²) in [4.78, 5) is 4.80. The number of hydrogen-bond donors (Lipinski definition) is 0. The fourth-order valence-electron chi connectivity index (χ4n) is 3.42. The Bertz CT molecular complexity index is 1180. The lowest BCUT2D eigenvalue weighted by Gasteiger charge is -2.12. The van der Waals surface area contributed by atoms with Crippen LogP contribution in [0.25, 0.3) is 23.2 Å². The second-order valence-corrected chi connectivity index (χ2v) is 7.38. The lowest BCUT2D eigenvalue weighted by atomic mass is 10.1. The second-order valence-electron chi connectivity index (χ2n) is 6.94. The zero-order valence-electron chi connectivity index (χ0n) is 16.7. The summed E-state index contributed by atoms with van der Waals surface area (Å²) in [7, 11) is 0. The van der Waals surface area contributed by atoms with Gasteiger partial charge in [0.15, 0.2) is 0 Å². The number of ether oxygens (including phenoxy) is 1. The molecule has 0 unspecified atom stereocenters. The molecule has 4 heteroatoms. The lowest BCUT2D eigenvalue weighted by molar-refractivity contribution is 0.297. The van der Waals surface area contributed by atoms with Crippen molar-refractivity contribution in [2.75, 3.05) is 6.61 Å². The number of nitrogens with zero attached hydrogens (tertiary/aromatic N) is 2. The quantitative estimate of drug-likeness (QED) is 0.301. The number of aromatic nitrogens is 2. The first-order chi connectivity index (χ1) is 14.7. The summed E-state index contributed by atoms with van der Waals surface area (Å²) in [6, 6.07) is 24.0. The van der Waals surface area contributed by atoms with E-state index < -0.39 is 0 Å². The molecule has 0 aliphatic rings. The van der Waals surface area contributed by atoms with Gasteiger partial charge in [-0.2, -0.15) is 0 Å². The molecule has 4 rings (SSSR count). The van der Waals surface area contributed by atoms with Crippen molar-refractivity contribution in [3.63, 3.8) is 0 Å². The van der Waals surface area contributed by atoms with E-state index in [0.717, 1.165) is 45.2 Å². The molecule has 0 atom stereocenters. The third-order valence-corrected chi connectivity index (χ3v) is 5.14. The SMILES string of the molecule is C=CCc1ccccc1OCCn1c(/C=C/c2ccc(Cl)cc2)nc2ccccc21. The number of fused-ring (bicyclic) bond motifs is 1. The number of para-hydroxylation sites is 3. The second kappa shape index (κ2) is 9.47. The highest BCUT2D eigenvalue weighted by Crippen LogP contribution is 2.21. The lowest BCUT2D eigenvalue weighted by Crippen LogP contribution is -2.10. The molecule has 3 nitrogen and oxygen atoms in total. The molecule has 1 heterocycles. The molecule has 1 aromatic heterocycles. The Morgan fingerprint density at radius 1 is 0.933 bits per heavy atom. The minimum atomic E-state index is 0.552. The number of imidazole rings is 1. The van der Waals surface area contributed by atoms with Crippen molar-refractivity contribution in [2.45, 2.75) is 13.0 Å². The zero-order valence-corrected chi connectivity index (χ0v) is 17.4. The molecule has 0 aliphatic carbocycles. The molecule has 0 radical (unpaired) electrons. The molecule has 0 saturated heterocycles. The van der Waals surface area contributed by atoms with Crippen LogP contribution in [0.5, 0.6) is 5.75 Å². The van der Waals surface area contributed by atoms with Gasteiger partial charge in [0, 0.05) is 5.02 Å². The summed E-state index contributed by atoms with van der Waals surface area (Å²) in [6.07, 6.45) is 6.77. The van der Waals surface area contributed by atoms with Crippen LogP contribution in [0.4, 0.5) is 0 Å². The van der Waals surface area contributed by atoms with Gasteiger partial charge >= 0.3 is 0 Å². The van der Waals surface area contributed by atoms with E-state index in [4.69, 9.17) is 21.3 Å². The minimum Gasteiger partial charge on any atom is -0.491 e. The fraction of sp³-hybridized carbons (Fsp3) is 0.115. The number of allylic oxidation sites excluding steroid dienone is 1. The van der Waals surface area contributed by atoms with Crippen LogP contribution in [-0.2, 0) is 13.0 Å². The third-order valence-electron chi connectivity index (χ3n) is 4.89. The van der Waals surface area contributed by atoms with Crippen LogP contribution in [0.3, 0.4) is 0 Å². The Morgan fingerprint density at radius 3 is 2.53 bits per heavy atom. The van der Waals surface area contributed by atoms with Gasteiger partial charge in [0.1, 0.15) is 18.2 Å². The standard InChI is InChI=1S/C26H23ClN2O/c1-2-7-21-8-3-6-11-25(21)30-19-18-29-24-10-5-4-9-23(24)28-26(29)17-14-20-12-15-22(27)16-13-20/h2-6,8-17H,1,7,18-19H2/b17-14+. The molecule has 0 bridgehead atoms. The van der Waals surface area contributed by atoms with Crippen LogP contribution in [0.1, 0.15) is 17.0 Å². The van der Waals surface area contributed by atoms with Crippen LogP contribution in [0.2, 0.25) is 5.02 Å². The number of halogens is 1. The van der Waals surface area contributed by atoms with Crippen molar-refractivity contribution in [1.29, 1.82) is 0 Å². The van der Waals surface area contributed by atoms with Gasteiger partial charge in [0.25, 0.3) is 0 Å². The van der Waals surface area contributed by atoms with E-state index in [9.17, 15) is 0 Å². The maximum absolute atomic E-state index is 6.11. The van der Waals surface area contributed by atoms with Gasteiger partial charge in [-0.25, -0.2) is 4.98 Å². The topological polar surface area (TPSA) is 27.1 Å². The average Bonchev–Trinajstić information content (AvgIpc) is 3.12. The Morgan fingerprint density at radius 2 is 1.70 bits per heavy atom. The molecule has 4 aromatic rings. The van der Waals surface area contributed by atoms with Gasteiger partial charge in [0.05, 0.1) is 17.6 Å². The molecule has 0 amide bonds. The van der Waals surface area contributed by atoms with Gasteiger partial charge in [-0.05, 0) is 54.0 Å². The Kier molecular flexibility index (Phi) is 6.31. The van der Waals surface area contributed by atoms with Gasteiger partial charge in [-0.3, -0.25) is 0 Å². The predicted molar refractivity (Wildman–Crippen MR) is 126 cm³/mol. The minimum absolute atomic E-state index is 0.552. The summed E-state index contributed by atoms with van der Waals surface area (Å²) >= 11 is 5.99. The highest BCUT2D eigenvalue weighted by Gasteiger charge is 2.09. The maximum Gasteiger partial charge on any atom is 0.133 e. The molecule has 0 spiro atoms. The highest BCUT2D eigenvalue weighted by atomic mass is 35.5. The maximum atomic E-state index is 6.11. The van der Waals surface area contributed by atoms with Gasteiger partial charge in [-0.1, -0.05) is 66.2 Å². The summed E-state index contributed by atoms with van der Waals surface area (Å²) in [5.74, 6) is 1.80. The van der Waals surface area contributed by atoms with Crippen LogP contribution in [-0.4, -0.2) is 16.2 Å². The Balaban J connectivity index is 1.56. The third kappa shape index (κ3) is 4.64. The van der Waals surface area contributed by atoms with Gasteiger partial charge in [-0.15, -0.1) is 6.58 Å². The van der Waals surface area contributed by atoms with E-state index in [0.29, 0.717) is 13.2 Å². The summed E-state index contributed by atoms with van der Waals surface area (Å²) in [5, 5.41) is 0.730. The van der Waals surface area contributed by atoms with Crippen molar-refractivity contribution in [1.82, 2.24) is 9.55 Å². The first kappa shape index (κ1) is 20.0. The Hall–Kier alpha value is -3.30. The molecule has 0 saturated carbocycles. The highest BCUT2D eigenvalue weighted by molar-refractivity contribution is 6.30. The number of rotatable bonds is 8. The normalized spacial score (nSPS) is 11.2. The molecule has 150 valence electrons. The molecule has 30 heavy (non-hydrogen) atoms. The summed E-state index contributed by atoms with van der Waals surface area (Å²) < 4.78 is 8.30. The van der Waals surface area contributed by atoms with Crippen molar-refractivity contribution >= 4 is 34.8 Å². The van der Waals surface area contributed by atoms with Crippen LogP contribution in [0, 0.1) is 0 Å². The van der Waals surface area contributed by atoms with Crippen molar-refractivity contribution < 1.29 is 4.74 Å². The average molecular weight is 415 g/mol. The van der Waals surface area contributed by atoms with Crippen molar-refractivity contribution in [3.05, 3.63) is 107 Å². The molecular formula is C26H23ClN2O. The van der Waals surface area contributed by atoms with Gasteiger partial charge in [0.2, 0.25) is 0 Å². The van der Waals surface area contributed by atoms with Crippen LogP contribution < -0.4 is 4.74 Å². The fourth-order valence-corrected chi connectivity index (χ4v) is 3.54.